The Labute approximate surface area is 136 Å². The molecular weight excluding hydrogens is 314 g/mol. The lowest BCUT2D eigenvalue weighted by molar-refractivity contribution is 0.0898. The third-order valence-corrected chi connectivity index (χ3v) is 6.04. The minimum atomic E-state index is -3.42. The largest absolute Gasteiger partial charge is 0.386 e. The van der Waals surface area contributed by atoms with E-state index in [2.05, 4.69) is 9.88 Å². The van der Waals surface area contributed by atoms with Gasteiger partial charge in [-0.05, 0) is 24.3 Å². The summed E-state index contributed by atoms with van der Waals surface area (Å²) in [5, 5.41) is 10.2. The summed E-state index contributed by atoms with van der Waals surface area (Å²) in [6, 6.07) is 12.2. The average Bonchev–Trinajstić information content (AvgIpc) is 3.11. The van der Waals surface area contributed by atoms with Gasteiger partial charge in [-0.2, -0.15) is 4.31 Å². The van der Waals surface area contributed by atoms with Crippen LogP contribution in [0.2, 0.25) is 0 Å². The quantitative estimate of drug-likeness (QED) is 0.856. The third kappa shape index (κ3) is 3.64. The van der Waals surface area contributed by atoms with Gasteiger partial charge in [0.1, 0.15) is 6.10 Å². The molecule has 2 aromatic rings. The topological polar surface area (TPSA) is 76.6 Å². The average molecular weight is 335 g/mol. The molecule has 2 heterocycles. The third-order valence-electron chi connectivity index (χ3n) is 4.12. The van der Waals surface area contributed by atoms with Gasteiger partial charge in [0, 0.05) is 44.6 Å². The van der Waals surface area contributed by atoms with Gasteiger partial charge in [-0.15, -0.1) is 0 Å². The van der Waals surface area contributed by atoms with Crippen molar-refractivity contribution in [1.29, 1.82) is 0 Å². The summed E-state index contributed by atoms with van der Waals surface area (Å²) in [5.41, 5.74) is 0.782. The Morgan fingerprint density at radius 2 is 1.74 bits per heavy atom. The van der Waals surface area contributed by atoms with Crippen molar-refractivity contribution >= 4 is 10.0 Å². The van der Waals surface area contributed by atoms with Crippen molar-refractivity contribution in [2.45, 2.75) is 11.0 Å². The molecule has 1 aliphatic heterocycles. The van der Waals surface area contributed by atoms with Gasteiger partial charge in [-0.1, -0.05) is 18.2 Å². The second-order valence-electron chi connectivity index (χ2n) is 5.66. The van der Waals surface area contributed by atoms with Crippen molar-refractivity contribution < 1.29 is 13.5 Å². The molecule has 1 aromatic carbocycles. The molecule has 0 aliphatic carbocycles. The van der Waals surface area contributed by atoms with Gasteiger partial charge < -0.3 is 10.1 Å². The van der Waals surface area contributed by atoms with Crippen molar-refractivity contribution in [1.82, 2.24) is 14.2 Å². The van der Waals surface area contributed by atoms with E-state index in [1.165, 1.54) is 4.31 Å². The van der Waals surface area contributed by atoms with Crippen LogP contribution in [0.1, 0.15) is 11.8 Å². The Balaban J connectivity index is 1.58. The number of hydrogen-bond acceptors (Lipinski definition) is 4. The van der Waals surface area contributed by atoms with E-state index in [0.717, 1.165) is 5.69 Å². The van der Waals surface area contributed by atoms with E-state index in [-0.39, 0.29) is 0 Å². The first-order valence-corrected chi connectivity index (χ1v) is 9.10. The van der Waals surface area contributed by atoms with E-state index < -0.39 is 16.1 Å². The molecule has 0 radical (unpaired) electrons. The fourth-order valence-electron chi connectivity index (χ4n) is 2.79. The predicted molar refractivity (Wildman–Crippen MR) is 87.4 cm³/mol. The van der Waals surface area contributed by atoms with E-state index in [1.807, 2.05) is 12.1 Å². The van der Waals surface area contributed by atoms with Crippen LogP contribution in [0.5, 0.6) is 0 Å². The van der Waals surface area contributed by atoms with E-state index in [0.29, 0.717) is 37.6 Å². The van der Waals surface area contributed by atoms with Crippen molar-refractivity contribution in [3.8, 4) is 0 Å². The Morgan fingerprint density at radius 3 is 2.35 bits per heavy atom. The molecule has 6 nitrogen and oxygen atoms in total. The van der Waals surface area contributed by atoms with Crippen molar-refractivity contribution in [3.05, 3.63) is 54.4 Å². The highest BCUT2D eigenvalue weighted by molar-refractivity contribution is 7.89. The van der Waals surface area contributed by atoms with E-state index in [9.17, 15) is 13.5 Å². The summed E-state index contributed by atoms with van der Waals surface area (Å²) in [7, 11) is -3.42. The normalized spacial score (nSPS) is 18.8. The first-order valence-electron chi connectivity index (χ1n) is 7.66. The predicted octanol–water partition coefficient (Wildman–Crippen LogP) is 1.05. The lowest BCUT2D eigenvalue weighted by Gasteiger charge is -2.34. The molecule has 0 saturated carbocycles. The van der Waals surface area contributed by atoms with Gasteiger partial charge in [0.2, 0.25) is 10.0 Å². The van der Waals surface area contributed by atoms with Crippen LogP contribution >= 0.6 is 0 Å². The van der Waals surface area contributed by atoms with Crippen LogP contribution in [0.3, 0.4) is 0 Å². The molecule has 1 aliphatic rings. The molecular formula is C16H21N3O3S. The Morgan fingerprint density at radius 1 is 1.04 bits per heavy atom. The second-order valence-corrected chi connectivity index (χ2v) is 7.60. The van der Waals surface area contributed by atoms with Gasteiger partial charge >= 0.3 is 0 Å². The number of aromatic nitrogens is 1. The minimum absolute atomic E-state index is 0.333. The zero-order valence-electron chi connectivity index (χ0n) is 12.8. The molecule has 124 valence electrons. The van der Waals surface area contributed by atoms with Crippen molar-refractivity contribution in [2.24, 2.45) is 0 Å². The Hall–Kier alpha value is -1.67. The molecule has 1 saturated heterocycles. The molecule has 1 unspecified atom stereocenters. The molecule has 0 amide bonds. The number of aliphatic hydroxyl groups is 1. The maximum Gasteiger partial charge on any atom is 0.243 e. The molecule has 1 atom stereocenters. The number of nitrogens with one attached hydrogen (secondary N) is 1. The van der Waals surface area contributed by atoms with Crippen molar-refractivity contribution in [3.63, 3.8) is 0 Å². The molecule has 7 heteroatoms. The second kappa shape index (κ2) is 6.84. The number of aliphatic hydroxyl groups excluding tert-OH is 1. The van der Waals surface area contributed by atoms with Crippen LogP contribution < -0.4 is 0 Å². The van der Waals surface area contributed by atoms with Gasteiger partial charge in [0.25, 0.3) is 0 Å². The maximum absolute atomic E-state index is 12.6. The zero-order chi connectivity index (χ0) is 16.3. The van der Waals surface area contributed by atoms with Crippen molar-refractivity contribution in [2.75, 3.05) is 32.7 Å². The van der Waals surface area contributed by atoms with Crippen LogP contribution in [0.15, 0.2) is 53.6 Å². The summed E-state index contributed by atoms with van der Waals surface area (Å²) < 4.78 is 26.6. The van der Waals surface area contributed by atoms with Crippen LogP contribution in [-0.4, -0.2) is 60.4 Å². The standard InChI is InChI=1S/C16H21N3O3S/c20-16(15-7-4-8-17-15)13-18-9-11-19(12-10-18)23(21,22)14-5-2-1-3-6-14/h1-8,16-17,20H,9-13H2. The summed E-state index contributed by atoms with van der Waals surface area (Å²) in [6.45, 7) is 2.61. The SMILES string of the molecule is O=S(=O)(c1ccccc1)N1CCN(CC(O)c2ccc[nH]2)CC1. The first kappa shape index (κ1) is 16.2. The van der Waals surface area contributed by atoms with Crippen LogP contribution in [-0.2, 0) is 10.0 Å². The summed E-state index contributed by atoms with van der Waals surface area (Å²) in [6.07, 6.45) is 1.20. The molecule has 23 heavy (non-hydrogen) atoms. The zero-order valence-corrected chi connectivity index (χ0v) is 13.6. The lowest BCUT2D eigenvalue weighted by atomic mass is 10.2. The summed E-state index contributed by atoms with van der Waals surface area (Å²) in [5.74, 6) is 0. The fourth-order valence-corrected chi connectivity index (χ4v) is 4.23. The molecule has 0 bridgehead atoms. The number of aromatic amines is 1. The summed E-state index contributed by atoms with van der Waals surface area (Å²) >= 11 is 0. The number of nitrogens with zero attached hydrogens (tertiary/aromatic N) is 2. The number of piperazine rings is 1. The molecule has 2 N–H and O–H groups in total. The van der Waals surface area contributed by atoms with E-state index in [4.69, 9.17) is 0 Å². The molecule has 0 spiro atoms. The maximum atomic E-state index is 12.6. The number of β-amino-alcohol motifs (C(OH)–C–C–N with tert-alkyl or cyclic N) is 1. The van der Waals surface area contributed by atoms with E-state index in [1.54, 1.807) is 36.5 Å². The number of sulfonamides is 1. The first-order chi connectivity index (χ1) is 11.1. The highest BCUT2D eigenvalue weighted by Crippen LogP contribution is 2.18. The Bertz CT molecular complexity index is 708. The number of hydrogen-bond donors (Lipinski definition) is 2. The lowest BCUT2D eigenvalue weighted by Crippen LogP contribution is -2.49. The fraction of sp³-hybridized carbons (Fsp3) is 0.375. The number of H-pyrrole nitrogens is 1. The van der Waals surface area contributed by atoms with Crippen LogP contribution in [0.25, 0.3) is 0 Å². The van der Waals surface area contributed by atoms with Gasteiger partial charge in [0.05, 0.1) is 4.90 Å². The smallest absolute Gasteiger partial charge is 0.243 e. The highest BCUT2D eigenvalue weighted by Gasteiger charge is 2.29. The number of benzene rings is 1. The van der Waals surface area contributed by atoms with Gasteiger partial charge in [-0.25, -0.2) is 8.42 Å². The van der Waals surface area contributed by atoms with E-state index >= 15 is 0 Å². The monoisotopic (exact) mass is 335 g/mol. The molecule has 1 aromatic heterocycles. The van der Waals surface area contributed by atoms with Gasteiger partial charge in [-0.3, -0.25) is 4.90 Å². The molecule has 1 fully saturated rings. The van der Waals surface area contributed by atoms with Crippen LogP contribution in [0.4, 0.5) is 0 Å². The van der Waals surface area contributed by atoms with Crippen LogP contribution in [0, 0.1) is 0 Å². The minimum Gasteiger partial charge on any atom is -0.386 e. The Kier molecular flexibility index (Phi) is 4.82. The van der Waals surface area contributed by atoms with Gasteiger partial charge in [0.15, 0.2) is 0 Å². The number of rotatable bonds is 5. The molecule has 3 rings (SSSR count). The highest BCUT2D eigenvalue weighted by atomic mass is 32.2. The summed E-state index contributed by atoms with van der Waals surface area (Å²) in [4.78, 5) is 5.42.